The van der Waals surface area contributed by atoms with Crippen LogP contribution in [0.3, 0.4) is 0 Å². The summed E-state index contributed by atoms with van der Waals surface area (Å²) in [5.74, 6) is 2.80. The van der Waals surface area contributed by atoms with E-state index >= 15 is 0 Å². The Balaban J connectivity index is 1.55. The summed E-state index contributed by atoms with van der Waals surface area (Å²) in [6.07, 6.45) is 9.92. The number of fused-ring (bicyclic) bond motifs is 5. The molecule has 142 valence electrons. The lowest BCUT2D eigenvalue weighted by Crippen LogP contribution is -2.43. The summed E-state index contributed by atoms with van der Waals surface area (Å²) in [7, 11) is 3.35. The molecule has 4 heteroatoms. The van der Waals surface area contributed by atoms with Gasteiger partial charge in [-0.25, -0.2) is 0 Å². The van der Waals surface area contributed by atoms with Crippen molar-refractivity contribution in [3.8, 4) is 5.75 Å². The van der Waals surface area contributed by atoms with Crippen LogP contribution in [-0.4, -0.2) is 33.9 Å². The molecular formula is C22H30O4. The van der Waals surface area contributed by atoms with Crippen LogP contribution in [0.4, 0.5) is 0 Å². The minimum Gasteiger partial charge on any atom is -0.468 e. The number of methoxy groups -OCH3 is 2. The molecule has 0 N–H and O–H groups in total. The Hall–Kier alpha value is -1.36. The molecule has 2 fully saturated rings. The second-order valence-corrected chi connectivity index (χ2v) is 8.17. The molecule has 0 amide bonds. The molecule has 4 rings (SSSR count). The quantitative estimate of drug-likeness (QED) is 0.697. The van der Waals surface area contributed by atoms with E-state index in [0.717, 1.165) is 12.2 Å². The summed E-state index contributed by atoms with van der Waals surface area (Å²) in [4.78, 5) is 0. The van der Waals surface area contributed by atoms with Crippen LogP contribution in [0, 0.1) is 17.3 Å². The largest absolute Gasteiger partial charge is 0.468 e. The molecule has 0 radical (unpaired) electrons. The third-order valence-corrected chi connectivity index (χ3v) is 6.93. The van der Waals surface area contributed by atoms with Gasteiger partial charge in [-0.15, -0.1) is 0 Å². The van der Waals surface area contributed by atoms with Gasteiger partial charge >= 0.3 is 0 Å². The molecule has 4 unspecified atom stereocenters. The van der Waals surface area contributed by atoms with E-state index in [1.807, 2.05) is 0 Å². The van der Waals surface area contributed by atoms with Crippen LogP contribution >= 0.6 is 0 Å². The van der Waals surface area contributed by atoms with E-state index in [9.17, 15) is 0 Å². The first kappa shape index (κ1) is 18.0. The molecule has 3 aliphatic carbocycles. The van der Waals surface area contributed by atoms with Gasteiger partial charge in [0.1, 0.15) is 12.5 Å². The van der Waals surface area contributed by atoms with Crippen LogP contribution in [0.15, 0.2) is 24.3 Å². The summed E-state index contributed by atoms with van der Waals surface area (Å²) in [5, 5.41) is 0. The van der Waals surface area contributed by atoms with Gasteiger partial charge < -0.3 is 18.9 Å². The Morgan fingerprint density at radius 1 is 1.08 bits per heavy atom. The summed E-state index contributed by atoms with van der Waals surface area (Å²) < 4.78 is 21.8. The van der Waals surface area contributed by atoms with E-state index in [0.29, 0.717) is 30.7 Å². The normalized spacial score (nSPS) is 34.9. The highest BCUT2D eigenvalue weighted by atomic mass is 16.7. The molecule has 3 aliphatic rings. The summed E-state index contributed by atoms with van der Waals surface area (Å²) in [5.41, 5.74) is 3.04. The third kappa shape index (κ3) is 2.98. The lowest BCUT2D eigenvalue weighted by molar-refractivity contribution is -0.122. The lowest BCUT2D eigenvalue weighted by Gasteiger charge is -2.49. The molecule has 0 aliphatic heterocycles. The van der Waals surface area contributed by atoms with Gasteiger partial charge in [0, 0.05) is 14.2 Å². The SMILES string of the molecule is COCOc1ccc2c(c1)C=CC1C2CC[C@]2(C)C(OCOC)CCC12. The molecule has 1 aromatic rings. The number of rotatable bonds is 6. The van der Waals surface area contributed by atoms with Crippen molar-refractivity contribution in [2.24, 2.45) is 17.3 Å². The number of allylic oxidation sites excluding steroid dienone is 1. The van der Waals surface area contributed by atoms with Crippen molar-refractivity contribution in [1.82, 2.24) is 0 Å². The maximum atomic E-state index is 6.05. The number of hydrogen-bond donors (Lipinski definition) is 0. The lowest BCUT2D eigenvalue weighted by atomic mass is 9.57. The second kappa shape index (κ2) is 7.34. The van der Waals surface area contributed by atoms with Crippen LogP contribution < -0.4 is 4.74 Å². The van der Waals surface area contributed by atoms with Gasteiger partial charge in [0.2, 0.25) is 0 Å². The predicted octanol–water partition coefficient (Wildman–Crippen LogP) is 4.60. The summed E-state index contributed by atoms with van der Waals surface area (Å²) in [6, 6.07) is 6.49. The zero-order valence-electron chi connectivity index (χ0n) is 16.1. The first-order valence-electron chi connectivity index (χ1n) is 9.72. The zero-order valence-corrected chi connectivity index (χ0v) is 16.1. The topological polar surface area (TPSA) is 36.9 Å². The Bertz CT molecular complexity index is 670. The Kier molecular flexibility index (Phi) is 5.09. The zero-order chi connectivity index (χ0) is 18.1. The standard InChI is InChI=1S/C22H30O4/c1-22-11-10-18-17-7-5-16(25-13-23-2)12-15(17)4-6-19(18)20(22)8-9-21(22)26-14-24-3/h4-7,12,18-21H,8-11,13-14H2,1-3H3/t18?,19?,20?,21?,22-/m0/s1. The van der Waals surface area contributed by atoms with Crippen molar-refractivity contribution in [1.29, 1.82) is 0 Å². The number of benzene rings is 1. The third-order valence-electron chi connectivity index (χ3n) is 6.93. The summed E-state index contributed by atoms with van der Waals surface area (Å²) >= 11 is 0. The van der Waals surface area contributed by atoms with E-state index in [1.54, 1.807) is 14.2 Å². The van der Waals surface area contributed by atoms with E-state index in [1.165, 1.54) is 30.4 Å². The monoisotopic (exact) mass is 358 g/mol. The van der Waals surface area contributed by atoms with Crippen molar-refractivity contribution >= 4 is 6.08 Å². The average molecular weight is 358 g/mol. The molecule has 0 aromatic heterocycles. The summed E-state index contributed by atoms with van der Waals surface area (Å²) in [6.45, 7) is 3.13. The molecule has 2 saturated carbocycles. The van der Waals surface area contributed by atoms with Gasteiger partial charge in [0.05, 0.1) is 6.10 Å². The van der Waals surface area contributed by atoms with Crippen molar-refractivity contribution < 1.29 is 18.9 Å². The van der Waals surface area contributed by atoms with Crippen LogP contribution in [0.25, 0.3) is 6.08 Å². The highest BCUT2D eigenvalue weighted by molar-refractivity contribution is 5.61. The van der Waals surface area contributed by atoms with Crippen molar-refractivity contribution in [2.75, 3.05) is 27.8 Å². The minimum atomic E-state index is 0.267. The number of hydrogen-bond acceptors (Lipinski definition) is 4. The van der Waals surface area contributed by atoms with E-state index < -0.39 is 0 Å². The highest BCUT2D eigenvalue weighted by Crippen LogP contribution is 2.60. The van der Waals surface area contributed by atoms with Gasteiger partial charge in [-0.3, -0.25) is 0 Å². The first-order valence-corrected chi connectivity index (χ1v) is 9.72. The first-order chi connectivity index (χ1) is 12.7. The molecule has 26 heavy (non-hydrogen) atoms. The maximum Gasteiger partial charge on any atom is 0.188 e. The fourth-order valence-electron chi connectivity index (χ4n) is 5.67. The number of ether oxygens (including phenoxy) is 4. The molecule has 1 aromatic carbocycles. The molecule has 4 nitrogen and oxygen atoms in total. The van der Waals surface area contributed by atoms with Gasteiger partial charge in [0.25, 0.3) is 0 Å². The van der Waals surface area contributed by atoms with Crippen molar-refractivity contribution in [3.63, 3.8) is 0 Å². The van der Waals surface area contributed by atoms with E-state index in [4.69, 9.17) is 18.9 Å². The maximum absolute atomic E-state index is 6.05. The van der Waals surface area contributed by atoms with Crippen LogP contribution in [0.5, 0.6) is 5.75 Å². The Labute approximate surface area is 156 Å². The fraction of sp³-hybridized carbons (Fsp3) is 0.636. The van der Waals surface area contributed by atoms with Crippen LogP contribution in [0.1, 0.15) is 49.7 Å². The minimum absolute atomic E-state index is 0.267. The molecule has 5 atom stereocenters. The van der Waals surface area contributed by atoms with Crippen molar-refractivity contribution in [3.05, 3.63) is 35.4 Å². The molecule has 0 bridgehead atoms. The van der Waals surface area contributed by atoms with Crippen LogP contribution in [0.2, 0.25) is 0 Å². The Morgan fingerprint density at radius 3 is 2.73 bits per heavy atom. The molecular weight excluding hydrogens is 328 g/mol. The smallest absolute Gasteiger partial charge is 0.188 e. The second-order valence-electron chi connectivity index (χ2n) is 8.17. The Morgan fingerprint density at radius 2 is 1.92 bits per heavy atom. The molecule has 0 saturated heterocycles. The van der Waals surface area contributed by atoms with E-state index in [-0.39, 0.29) is 12.2 Å². The van der Waals surface area contributed by atoms with Gasteiger partial charge in [-0.1, -0.05) is 25.1 Å². The average Bonchev–Trinajstić information content (AvgIpc) is 3.00. The highest BCUT2D eigenvalue weighted by Gasteiger charge is 2.54. The fourth-order valence-corrected chi connectivity index (χ4v) is 5.67. The molecule has 0 heterocycles. The van der Waals surface area contributed by atoms with Gasteiger partial charge in [-0.05, 0) is 72.1 Å². The van der Waals surface area contributed by atoms with Crippen LogP contribution in [-0.2, 0) is 14.2 Å². The van der Waals surface area contributed by atoms with Gasteiger partial charge in [0.15, 0.2) is 6.79 Å². The predicted molar refractivity (Wildman–Crippen MR) is 101 cm³/mol. The van der Waals surface area contributed by atoms with Crippen molar-refractivity contribution in [2.45, 2.75) is 44.6 Å². The molecule has 0 spiro atoms. The van der Waals surface area contributed by atoms with Gasteiger partial charge in [-0.2, -0.15) is 0 Å². The van der Waals surface area contributed by atoms with E-state index in [2.05, 4.69) is 37.3 Å².